The molecule has 0 bridgehead atoms. The fourth-order valence-corrected chi connectivity index (χ4v) is 2.71. The fourth-order valence-electron chi connectivity index (χ4n) is 2.71. The Morgan fingerprint density at radius 2 is 2.05 bits per heavy atom. The number of nitrogens with zero attached hydrogens (tertiary/aromatic N) is 1. The maximum atomic E-state index is 11.4. The maximum Gasteiger partial charge on any atom is 0.292 e. The zero-order valence-electron chi connectivity index (χ0n) is 10.9. The highest BCUT2D eigenvalue weighted by Gasteiger charge is 2.26. The Labute approximate surface area is 115 Å². The number of carbonyl (C=O) groups is 1. The Bertz CT molecular complexity index is 567. The van der Waals surface area contributed by atoms with Crippen molar-refractivity contribution in [2.45, 2.75) is 25.3 Å². The number of piperidine rings is 1. The van der Waals surface area contributed by atoms with Crippen molar-refractivity contribution in [3.63, 3.8) is 0 Å². The number of fused-ring (bicyclic) bond motifs is 1. The van der Waals surface area contributed by atoms with Gasteiger partial charge in [0, 0.05) is 17.8 Å². The highest BCUT2D eigenvalue weighted by molar-refractivity contribution is 6.00. The molecule has 1 saturated heterocycles. The first-order chi connectivity index (χ1) is 9.63. The van der Waals surface area contributed by atoms with Gasteiger partial charge in [0.2, 0.25) is 5.91 Å². The van der Waals surface area contributed by atoms with Crippen LogP contribution in [0.1, 0.15) is 18.4 Å². The maximum absolute atomic E-state index is 11.4. The van der Waals surface area contributed by atoms with Crippen LogP contribution in [0.15, 0.2) is 12.1 Å². The molecule has 3 rings (SSSR count). The van der Waals surface area contributed by atoms with Crippen LogP contribution in [0.25, 0.3) is 0 Å². The van der Waals surface area contributed by atoms with Crippen molar-refractivity contribution in [2.24, 2.45) is 0 Å². The minimum atomic E-state index is -0.396. The molecule has 2 aliphatic heterocycles. The van der Waals surface area contributed by atoms with Crippen molar-refractivity contribution < 1.29 is 9.72 Å². The summed E-state index contributed by atoms with van der Waals surface area (Å²) in [5.41, 5.74) is 1.90. The van der Waals surface area contributed by atoms with Gasteiger partial charge in [0.25, 0.3) is 5.69 Å². The van der Waals surface area contributed by atoms with Gasteiger partial charge in [0.15, 0.2) is 0 Å². The average molecular weight is 276 g/mol. The number of anilines is 2. The van der Waals surface area contributed by atoms with E-state index in [9.17, 15) is 14.9 Å². The summed E-state index contributed by atoms with van der Waals surface area (Å²) in [5.74, 6) is -0.117. The molecule has 0 spiro atoms. The number of amides is 1. The SMILES string of the molecule is O=C1Cc2cc([N+](=O)[O-])c(NC3CCNCC3)cc2N1. The summed E-state index contributed by atoms with van der Waals surface area (Å²) in [4.78, 5) is 22.2. The van der Waals surface area contributed by atoms with Crippen molar-refractivity contribution in [1.29, 1.82) is 0 Å². The van der Waals surface area contributed by atoms with Gasteiger partial charge >= 0.3 is 0 Å². The van der Waals surface area contributed by atoms with Crippen LogP contribution in [0.5, 0.6) is 0 Å². The summed E-state index contributed by atoms with van der Waals surface area (Å²) in [7, 11) is 0. The van der Waals surface area contributed by atoms with Gasteiger partial charge in [-0.25, -0.2) is 0 Å². The predicted octanol–water partition coefficient (Wildman–Crippen LogP) is 1.25. The second-order valence-electron chi connectivity index (χ2n) is 5.18. The summed E-state index contributed by atoms with van der Waals surface area (Å²) in [5, 5.41) is 20.4. The summed E-state index contributed by atoms with van der Waals surface area (Å²) < 4.78 is 0. The van der Waals surface area contributed by atoms with Crippen LogP contribution < -0.4 is 16.0 Å². The van der Waals surface area contributed by atoms with Crippen LogP contribution in [-0.2, 0) is 11.2 Å². The molecule has 0 atom stereocenters. The largest absolute Gasteiger partial charge is 0.377 e. The van der Waals surface area contributed by atoms with Gasteiger partial charge in [-0.1, -0.05) is 0 Å². The zero-order chi connectivity index (χ0) is 14.1. The first-order valence-corrected chi connectivity index (χ1v) is 6.72. The molecule has 20 heavy (non-hydrogen) atoms. The van der Waals surface area contributed by atoms with E-state index in [0.717, 1.165) is 25.9 Å². The highest BCUT2D eigenvalue weighted by Crippen LogP contribution is 2.35. The molecule has 3 N–H and O–H groups in total. The van der Waals surface area contributed by atoms with E-state index in [-0.39, 0.29) is 24.1 Å². The topological polar surface area (TPSA) is 96.3 Å². The lowest BCUT2D eigenvalue weighted by Crippen LogP contribution is -2.35. The Hall–Kier alpha value is -2.15. The lowest BCUT2D eigenvalue weighted by molar-refractivity contribution is -0.384. The molecule has 1 amide bonds. The lowest BCUT2D eigenvalue weighted by atomic mass is 10.0. The molecular formula is C13H16N4O3. The number of hydrogen-bond acceptors (Lipinski definition) is 5. The van der Waals surface area contributed by atoms with Crippen LogP contribution in [0.4, 0.5) is 17.1 Å². The fraction of sp³-hybridized carbons (Fsp3) is 0.462. The predicted molar refractivity (Wildman–Crippen MR) is 74.9 cm³/mol. The van der Waals surface area contributed by atoms with Gasteiger partial charge in [-0.2, -0.15) is 0 Å². The van der Waals surface area contributed by atoms with E-state index in [0.29, 0.717) is 16.9 Å². The highest BCUT2D eigenvalue weighted by atomic mass is 16.6. The smallest absolute Gasteiger partial charge is 0.292 e. The Morgan fingerprint density at radius 3 is 2.75 bits per heavy atom. The molecule has 1 aromatic carbocycles. The molecule has 1 fully saturated rings. The minimum Gasteiger partial charge on any atom is -0.377 e. The van der Waals surface area contributed by atoms with Crippen LogP contribution in [0.3, 0.4) is 0 Å². The van der Waals surface area contributed by atoms with E-state index >= 15 is 0 Å². The van der Waals surface area contributed by atoms with E-state index in [1.54, 1.807) is 6.07 Å². The Balaban J connectivity index is 1.90. The summed E-state index contributed by atoms with van der Waals surface area (Å²) >= 11 is 0. The van der Waals surface area contributed by atoms with Gasteiger partial charge in [0.1, 0.15) is 5.69 Å². The number of nitrogens with one attached hydrogen (secondary N) is 3. The van der Waals surface area contributed by atoms with Crippen molar-refractivity contribution in [1.82, 2.24) is 5.32 Å². The van der Waals surface area contributed by atoms with E-state index in [1.807, 2.05) is 0 Å². The van der Waals surface area contributed by atoms with Crippen LogP contribution in [0.2, 0.25) is 0 Å². The Kier molecular flexibility index (Phi) is 3.27. The summed E-state index contributed by atoms with van der Waals surface area (Å²) in [6.45, 7) is 1.82. The molecule has 2 heterocycles. The van der Waals surface area contributed by atoms with Crippen molar-refractivity contribution in [3.8, 4) is 0 Å². The van der Waals surface area contributed by atoms with Crippen LogP contribution >= 0.6 is 0 Å². The Morgan fingerprint density at radius 1 is 1.30 bits per heavy atom. The van der Waals surface area contributed by atoms with E-state index in [2.05, 4.69) is 16.0 Å². The van der Waals surface area contributed by atoms with Crippen molar-refractivity contribution in [2.75, 3.05) is 23.7 Å². The molecule has 0 saturated carbocycles. The van der Waals surface area contributed by atoms with Crippen molar-refractivity contribution in [3.05, 3.63) is 27.8 Å². The molecule has 0 unspecified atom stereocenters. The van der Waals surface area contributed by atoms with Gasteiger partial charge in [-0.15, -0.1) is 0 Å². The van der Waals surface area contributed by atoms with Gasteiger partial charge in [0.05, 0.1) is 11.3 Å². The van der Waals surface area contributed by atoms with Gasteiger partial charge in [-0.3, -0.25) is 14.9 Å². The number of nitro groups is 1. The van der Waals surface area contributed by atoms with Gasteiger partial charge in [-0.05, 0) is 37.6 Å². The second kappa shape index (κ2) is 5.09. The molecule has 0 aliphatic carbocycles. The molecule has 0 radical (unpaired) electrons. The molecule has 7 nitrogen and oxygen atoms in total. The van der Waals surface area contributed by atoms with E-state index in [1.165, 1.54) is 6.07 Å². The second-order valence-corrected chi connectivity index (χ2v) is 5.18. The normalized spacial score (nSPS) is 18.5. The third kappa shape index (κ3) is 2.44. The quantitative estimate of drug-likeness (QED) is 0.570. The number of nitro benzene ring substituents is 1. The third-order valence-electron chi connectivity index (χ3n) is 3.74. The standard InChI is InChI=1S/C13H16N4O3/c18-13-6-8-5-12(17(19)20)11(7-10(8)16-13)15-9-1-3-14-4-2-9/h5,7,9,14-15H,1-4,6H2,(H,16,18). The first kappa shape index (κ1) is 12.9. The average Bonchev–Trinajstić information content (AvgIpc) is 2.78. The first-order valence-electron chi connectivity index (χ1n) is 6.72. The number of rotatable bonds is 3. The van der Waals surface area contributed by atoms with Gasteiger partial charge < -0.3 is 16.0 Å². The molecule has 1 aromatic rings. The number of hydrogen-bond donors (Lipinski definition) is 3. The zero-order valence-corrected chi connectivity index (χ0v) is 10.9. The number of carbonyl (C=O) groups excluding carboxylic acids is 1. The van der Waals surface area contributed by atoms with Crippen LogP contribution in [0, 0.1) is 10.1 Å². The third-order valence-corrected chi connectivity index (χ3v) is 3.74. The summed E-state index contributed by atoms with van der Waals surface area (Å²) in [6.07, 6.45) is 2.07. The molecule has 7 heteroatoms. The monoisotopic (exact) mass is 276 g/mol. The summed E-state index contributed by atoms with van der Waals surface area (Å²) in [6, 6.07) is 3.40. The van der Waals surface area contributed by atoms with Crippen LogP contribution in [-0.4, -0.2) is 30.0 Å². The number of benzene rings is 1. The van der Waals surface area contributed by atoms with Crippen molar-refractivity contribution >= 4 is 23.0 Å². The molecular weight excluding hydrogens is 260 g/mol. The molecule has 2 aliphatic rings. The van der Waals surface area contributed by atoms with E-state index in [4.69, 9.17) is 0 Å². The molecule has 0 aromatic heterocycles. The molecule has 106 valence electrons. The lowest BCUT2D eigenvalue weighted by Gasteiger charge is -2.24. The van der Waals surface area contributed by atoms with E-state index < -0.39 is 4.92 Å². The minimum absolute atomic E-state index is 0.0405.